The molecule has 4 aromatic carbocycles. The third kappa shape index (κ3) is 15.7. The van der Waals surface area contributed by atoms with E-state index in [2.05, 4.69) is 0 Å². The average Bonchev–Trinajstić information content (AvgIpc) is 3.82. The molecule has 15 heteroatoms. The molecule has 3 aliphatic rings. The van der Waals surface area contributed by atoms with Crippen LogP contribution in [0.25, 0.3) is 12.2 Å². The number of hydrogen-bond donors (Lipinski definition) is 2. The first-order valence-electron chi connectivity index (χ1n) is 25.0. The van der Waals surface area contributed by atoms with Crippen molar-refractivity contribution in [1.29, 1.82) is 0 Å². The van der Waals surface area contributed by atoms with E-state index in [1.165, 1.54) is 19.1 Å². The SMILES string of the molecule is Cc1cc(C)c(C(=O)O)c(/C=C/C[C@@H]2OC(C)(C)OC2C(OC(=O)c2ccccc2)/C(F)=C\CC(C)O)c1.Cc1cc(C)c2c(c1)/C=C/C[C@@H]1OC(C)(C)OC1C(OC(=O)c1ccccc1)/C(F)=C\CC(C)OC2=O. The molecule has 13 nitrogen and oxygen atoms in total. The quantitative estimate of drug-likeness (QED) is 0.101. The Kier molecular flexibility index (Phi) is 19.4. The summed E-state index contributed by atoms with van der Waals surface area (Å²) in [6.07, 6.45) is 2.98. The number of aryl methyl sites for hydroxylation is 4. The molecule has 75 heavy (non-hydrogen) atoms. The van der Waals surface area contributed by atoms with Crippen molar-refractivity contribution in [2.45, 2.75) is 155 Å². The van der Waals surface area contributed by atoms with Crippen LogP contribution in [0, 0.1) is 27.7 Å². The van der Waals surface area contributed by atoms with Crippen LogP contribution in [-0.4, -0.2) is 94.5 Å². The minimum atomic E-state index is -1.42. The second-order valence-electron chi connectivity index (χ2n) is 20.0. The molecule has 0 aliphatic carbocycles. The monoisotopic (exact) mass is 1030 g/mol. The number of cyclic esters (lactones) is 1. The van der Waals surface area contributed by atoms with Crippen LogP contribution in [0.4, 0.5) is 8.78 Å². The maximum atomic E-state index is 15.7. The summed E-state index contributed by atoms with van der Waals surface area (Å²) in [7, 11) is 0. The minimum absolute atomic E-state index is 0.0252. The number of esters is 3. The fourth-order valence-electron chi connectivity index (χ4n) is 9.26. The molecular weight excluding hydrogens is 967 g/mol. The molecule has 4 aromatic rings. The van der Waals surface area contributed by atoms with Crippen molar-refractivity contribution in [3.05, 3.63) is 177 Å². The molecule has 2 saturated heterocycles. The Labute approximate surface area is 437 Å². The van der Waals surface area contributed by atoms with Gasteiger partial charge >= 0.3 is 23.9 Å². The van der Waals surface area contributed by atoms with Crippen molar-refractivity contribution < 1.29 is 71.3 Å². The van der Waals surface area contributed by atoms with Gasteiger partial charge in [0.05, 0.1) is 40.6 Å². The predicted octanol–water partition coefficient (Wildman–Crippen LogP) is 12.0. The number of aromatic carboxylic acids is 1. The zero-order chi connectivity index (χ0) is 54.8. The number of hydrogen-bond acceptors (Lipinski definition) is 12. The highest BCUT2D eigenvalue weighted by molar-refractivity contribution is 5.96. The van der Waals surface area contributed by atoms with E-state index in [0.717, 1.165) is 22.3 Å². The lowest BCUT2D eigenvalue weighted by Gasteiger charge is -2.26. The van der Waals surface area contributed by atoms with Crippen molar-refractivity contribution in [2.75, 3.05) is 0 Å². The number of halogens is 2. The number of carbonyl (C=O) groups is 4. The third-order valence-electron chi connectivity index (χ3n) is 12.4. The molecule has 2 fully saturated rings. The molecule has 0 aromatic heterocycles. The van der Waals surface area contributed by atoms with E-state index >= 15 is 8.78 Å². The van der Waals surface area contributed by atoms with Crippen molar-refractivity contribution >= 4 is 36.0 Å². The summed E-state index contributed by atoms with van der Waals surface area (Å²) in [5, 5.41) is 19.3. The summed E-state index contributed by atoms with van der Waals surface area (Å²) < 4.78 is 72.3. The Bertz CT molecular complexity index is 2800. The molecular formula is C60H68F2O13. The topological polar surface area (TPSA) is 173 Å². The summed E-state index contributed by atoms with van der Waals surface area (Å²) in [5.41, 5.74) is 5.90. The van der Waals surface area contributed by atoms with Crippen molar-refractivity contribution in [3.8, 4) is 0 Å². The Morgan fingerprint density at radius 1 is 0.827 bits per heavy atom. The minimum Gasteiger partial charge on any atom is -0.478 e. The number of carboxylic acid groups (broad SMARTS) is 1. The molecule has 3 heterocycles. The van der Waals surface area contributed by atoms with Gasteiger partial charge < -0.3 is 43.4 Å². The van der Waals surface area contributed by atoms with E-state index in [4.69, 9.17) is 33.2 Å². The summed E-state index contributed by atoms with van der Waals surface area (Å²) >= 11 is 0. The molecule has 0 amide bonds. The highest BCUT2D eigenvalue weighted by atomic mass is 19.1. The van der Waals surface area contributed by atoms with E-state index in [-0.39, 0.29) is 30.4 Å². The van der Waals surface area contributed by atoms with Crippen LogP contribution in [0.1, 0.15) is 142 Å². The highest BCUT2D eigenvalue weighted by Gasteiger charge is 2.49. The van der Waals surface area contributed by atoms with Gasteiger partial charge in [-0.3, -0.25) is 0 Å². The molecule has 400 valence electrons. The number of aliphatic hydroxyl groups is 1. The van der Waals surface area contributed by atoms with Gasteiger partial charge in [-0.1, -0.05) is 96.1 Å². The Morgan fingerprint density at radius 2 is 1.44 bits per heavy atom. The zero-order valence-electron chi connectivity index (χ0n) is 44.1. The number of fused-ring (bicyclic) bond motifs is 2. The largest absolute Gasteiger partial charge is 0.478 e. The smallest absolute Gasteiger partial charge is 0.339 e. The van der Waals surface area contributed by atoms with E-state index in [1.807, 2.05) is 45.1 Å². The van der Waals surface area contributed by atoms with Crippen molar-refractivity contribution in [1.82, 2.24) is 0 Å². The molecule has 3 aliphatic heterocycles. The standard InChI is InChI=1S/C30H35FO7.C30H33FO6/c1-18-16-19(2)25(28(33)34)22(17-18)12-9-13-24-27(38-30(4,5)37-24)26(23(31)15-14-20(3)32)36-29(35)21-10-7-6-8-11-21;1-18-16-19(2)25-22(17-18)12-9-13-24-27(37-30(4,5)36-24)26(23(31)15-14-20(3)34-29(25)33)35-28(32)21-10-7-6-8-11-21/h6-12,15-17,20,24,26-27,32H,13-14H2,1-5H3,(H,33,34);6-12,15-17,20,24,26-27H,13-14H2,1-5H3/b2*12-9+,23-15+/t2*20?,24-,26?,27?/m00/s1. The Balaban J connectivity index is 0.000000244. The predicted molar refractivity (Wildman–Crippen MR) is 279 cm³/mol. The summed E-state index contributed by atoms with van der Waals surface area (Å²) in [6.45, 7) is 17.5. The first kappa shape index (κ1) is 57.7. The summed E-state index contributed by atoms with van der Waals surface area (Å²) in [6, 6.07) is 24.1. The zero-order valence-corrected chi connectivity index (χ0v) is 44.1. The van der Waals surface area contributed by atoms with Crippen LogP contribution in [0.15, 0.2) is 121 Å². The number of rotatable bonds is 12. The molecule has 0 spiro atoms. The maximum absolute atomic E-state index is 15.7. The third-order valence-corrected chi connectivity index (χ3v) is 12.4. The van der Waals surface area contributed by atoms with Gasteiger partial charge in [0.25, 0.3) is 0 Å². The van der Waals surface area contributed by atoms with Gasteiger partial charge in [0.15, 0.2) is 23.8 Å². The van der Waals surface area contributed by atoms with E-state index < -0.39 is 95.9 Å². The lowest BCUT2D eigenvalue weighted by atomic mass is 9.97. The van der Waals surface area contributed by atoms with Crippen LogP contribution in [0.5, 0.6) is 0 Å². The van der Waals surface area contributed by atoms with Crippen LogP contribution in [0.2, 0.25) is 0 Å². The number of benzene rings is 4. The fourth-order valence-corrected chi connectivity index (χ4v) is 9.26. The summed E-state index contributed by atoms with van der Waals surface area (Å²) in [4.78, 5) is 50.6. The van der Waals surface area contributed by atoms with Gasteiger partial charge in [0, 0.05) is 6.42 Å². The van der Waals surface area contributed by atoms with Gasteiger partial charge in [-0.25, -0.2) is 28.0 Å². The van der Waals surface area contributed by atoms with Gasteiger partial charge in [-0.05, 0) is 147 Å². The van der Waals surface area contributed by atoms with E-state index in [1.54, 1.807) is 126 Å². The van der Waals surface area contributed by atoms with Crippen LogP contribution in [-0.2, 0) is 33.2 Å². The molecule has 8 atom stereocenters. The van der Waals surface area contributed by atoms with Crippen LogP contribution >= 0.6 is 0 Å². The molecule has 7 rings (SSSR count). The van der Waals surface area contributed by atoms with E-state index in [0.29, 0.717) is 28.7 Å². The molecule has 0 bridgehead atoms. The average molecular weight is 1040 g/mol. The first-order valence-corrected chi connectivity index (χ1v) is 25.0. The van der Waals surface area contributed by atoms with E-state index in [9.17, 15) is 29.4 Å². The lowest BCUT2D eigenvalue weighted by Crippen LogP contribution is -2.39. The fraction of sp³-hybridized carbons (Fsp3) is 0.400. The number of carbonyl (C=O) groups excluding carboxylic acids is 3. The van der Waals surface area contributed by atoms with Crippen LogP contribution in [0.3, 0.4) is 0 Å². The second-order valence-corrected chi connectivity index (χ2v) is 20.0. The normalized spacial score (nSPS) is 24.4. The highest BCUT2D eigenvalue weighted by Crippen LogP contribution is 2.38. The molecule has 0 saturated carbocycles. The molecule has 2 N–H and O–H groups in total. The Hall–Kier alpha value is -6.62. The van der Waals surface area contributed by atoms with Gasteiger partial charge in [-0.2, -0.15) is 0 Å². The van der Waals surface area contributed by atoms with Gasteiger partial charge in [-0.15, -0.1) is 0 Å². The lowest BCUT2D eigenvalue weighted by molar-refractivity contribution is -0.154. The number of carboxylic acids is 1. The number of ether oxygens (including phenoxy) is 7. The Morgan fingerprint density at radius 3 is 2.08 bits per heavy atom. The first-order chi connectivity index (χ1) is 35.4. The maximum Gasteiger partial charge on any atom is 0.339 e. The van der Waals surface area contributed by atoms with Crippen molar-refractivity contribution in [2.24, 2.45) is 0 Å². The molecule has 0 radical (unpaired) electrons. The second kappa shape index (κ2) is 25.3. The number of aliphatic hydroxyl groups excluding tert-OH is 1. The van der Waals surface area contributed by atoms with Crippen molar-refractivity contribution in [3.63, 3.8) is 0 Å². The van der Waals surface area contributed by atoms with Gasteiger partial charge in [0.2, 0.25) is 0 Å². The van der Waals surface area contributed by atoms with Gasteiger partial charge in [0.1, 0.15) is 30.0 Å². The summed E-state index contributed by atoms with van der Waals surface area (Å²) in [5.74, 6) is -6.42. The van der Waals surface area contributed by atoms with Crippen LogP contribution < -0.4 is 0 Å². The molecule has 6 unspecified atom stereocenters.